The molecule has 2 fully saturated rings. The molecule has 4 rings (SSSR count). The summed E-state index contributed by atoms with van der Waals surface area (Å²) in [5.41, 5.74) is 5.47. The fraction of sp³-hybridized carbons (Fsp3) is 0.500. The van der Waals surface area contributed by atoms with Gasteiger partial charge >= 0.3 is 0 Å². The number of benzene rings is 1. The van der Waals surface area contributed by atoms with Crippen molar-refractivity contribution in [2.24, 2.45) is 5.92 Å². The Kier molecular flexibility index (Phi) is 2.86. The molecule has 3 atom stereocenters. The standard InChI is InChI=1S/C16H18N4O/c17-7-9-19-8-3-5-12-15(19)14-10-11-4-1-2-6-13(11)20(14)18-16(12)21/h1-2,4,6,12,14-15H,3,5,8-10H2,(H,18,21). The summed E-state index contributed by atoms with van der Waals surface area (Å²) in [7, 11) is 0. The second-order valence-electron chi connectivity index (χ2n) is 6.11. The van der Waals surface area contributed by atoms with Gasteiger partial charge in [0.25, 0.3) is 0 Å². The SMILES string of the molecule is N#CCN1CCCC2C(=O)NN3c4ccccc4CC3C21. The lowest BCUT2D eigenvalue weighted by atomic mass is 9.81. The summed E-state index contributed by atoms with van der Waals surface area (Å²) in [5, 5.41) is 11.1. The minimum atomic E-state index is 0.0164. The molecule has 3 heterocycles. The van der Waals surface area contributed by atoms with Crippen molar-refractivity contribution in [1.29, 1.82) is 5.26 Å². The molecule has 0 aromatic heterocycles. The van der Waals surface area contributed by atoms with Crippen LogP contribution >= 0.6 is 0 Å². The first-order valence-electron chi connectivity index (χ1n) is 7.58. The number of hydrogen-bond acceptors (Lipinski definition) is 4. The number of anilines is 1. The second kappa shape index (κ2) is 4.74. The van der Waals surface area contributed by atoms with Crippen molar-refractivity contribution in [3.8, 4) is 6.07 Å². The number of rotatable bonds is 1. The molecule has 1 aromatic carbocycles. The van der Waals surface area contributed by atoms with Gasteiger partial charge in [0.05, 0.1) is 30.3 Å². The van der Waals surface area contributed by atoms with E-state index in [1.807, 2.05) is 17.1 Å². The van der Waals surface area contributed by atoms with Crippen molar-refractivity contribution in [3.63, 3.8) is 0 Å². The second-order valence-corrected chi connectivity index (χ2v) is 6.11. The predicted molar refractivity (Wildman–Crippen MR) is 78.3 cm³/mol. The first-order chi connectivity index (χ1) is 10.3. The maximum atomic E-state index is 12.5. The molecule has 3 unspecified atom stereocenters. The molecule has 21 heavy (non-hydrogen) atoms. The lowest BCUT2D eigenvalue weighted by Gasteiger charge is -2.49. The molecular weight excluding hydrogens is 264 g/mol. The normalized spacial score (nSPS) is 30.9. The van der Waals surface area contributed by atoms with Crippen molar-refractivity contribution in [2.45, 2.75) is 31.3 Å². The van der Waals surface area contributed by atoms with Crippen LogP contribution in [0.1, 0.15) is 18.4 Å². The fourth-order valence-corrected chi connectivity index (χ4v) is 4.19. The van der Waals surface area contributed by atoms with Crippen LogP contribution in [0, 0.1) is 17.2 Å². The van der Waals surface area contributed by atoms with Crippen molar-refractivity contribution >= 4 is 11.6 Å². The highest BCUT2D eigenvalue weighted by atomic mass is 16.2. The van der Waals surface area contributed by atoms with Crippen LogP contribution < -0.4 is 10.4 Å². The van der Waals surface area contributed by atoms with E-state index in [0.29, 0.717) is 6.54 Å². The lowest BCUT2D eigenvalue weighted by Crippen LogP contribution is -2.68. The van der Waals surface area contributed by atoms with E-state index >= 15 is 0 Å². The molecule has 0 aliphatic carbocycles. The molecule has 0 bridgehead atoms. The molecule has 2 saturated heterocycles. The first-order valence-corrected chi connectivity index (χ1v) is 7.58. The Balaban J connectivity index is 1.72. The van der Waals surface area contributed by atoms with E-state index in [0.717, 1.165) is 31.5 Å². The number of fused-ring (bicyclic) bond motifs is 5. The zero-order valence-electron chi connectivity index (χ0n) is 11.8. The zero-order chi connectivity index (χ0) is 14.4. The Bertz CT molecular complexity index is 623. The molecule has 1 amide bonds. The summed E-state index contributed by atoms with van der Waals surface area (Å²) in [4.78, 5) is 14.7. The Hall–Kier alpha value is -2.06. The molecule has 1 N–H and O–H groups in total. The van der Waals surface area contributed by atoms with Gasteiger partial charge in [-0.25, -0.2) is 0 Å². The Morgan fingerprint density at radius 1 is 1.38 bits per heavy atom. The van der Waals surface area contributed by atoms with Gasteiger partial charge in [0, 0.05) is 6.04 Å². The third-order valence-electron chi connectivity index (χ3n) is 5.04. The molecule has 0 spiro atoms. The molecule has 0 saturated carbocycles. The number of hydrazine groups is 1. The Labute approximate surface area is 124 Å². The van der Waals surface area contributed by atoms with Crippen LogP contribution in [0.25, 0.3) is 0 Å². The highest BCUT2D eigenvalue weighted by Crippen LogP contribution is 2.40. The number of likely N-dealkylation sites (tertiary alicyclic amines) is 1. The Morgan fingerprint density at radius 2 is 2.24 bits per heavy atom. The predicted octanol–water partition coefficient (Wildman–Crippen LogP) is 1.07. The van der Waals surface area contributed by atoms with Crippen LogP contribution in [0.15, 0.2) is 24.3 Å². The summed E-state index contributed by atoms with van der Waals surface area (Å²) in [5.74, 6) is 0.123. The maximum Gasteiger partial charge on any atom is 0.243 e. The van der Waals surface area contributed by atoms with E-state index in [-0.39, 0.29) is 23.9 Å². The average Bonchev–Trinajstić information content (AvgIpc) is 2.87. The van der Waals surface area contributed by atoms with Gasteiger partial charge in [0.15, 0.2) is 0 Å². The topological polar surface area (TPSA) is 59.4 Å². The van der Waals surface area contributed by atoms with E-state index in [4.69, 9.17) is 5.26 Å². The van der Waals surface area contributed by atoms with Crippen molar-refractivity contribution in [3.05, 3.63) is 29.8 Å². The number of carbonyl (C=O) groups excluding carboxylic acids is 1. The molecule has 5 nitrogen and oxygen atoms in total. The van der Waals surface area contributed by atoms with Crippen LogP contribution in [-0.4, -0.2) is 36.0 Å². The van der Waals surface area contributed by atoms with Crippen molar-refractivity contribution in [1.82, 2.24) is 10.3 Å². The van der Waals surface area contributed by atoms with Gasteiger partial charge in [-0.1, -0.05) is 18.2 Å². The minimum Gasteiger partial charge on any atom is -0.285 e. The monoisotopic (exact) mass is 282 g/mol. The van der Waals surface area contributed by atoms with Gasteiger partial charge in [-0.05, 0) is 37.4 Å². The van der Waals surface area contributed by atoms with Gasteiger partial charge in [-0.2, -0.15) is 5.26 Å². The number of carbonyl (C=O) groups is 1. The van der Waals surface area contributed by atoms with E-state index < -0.39 is 0 Å². The largest absolute Gasteiger partial charge is 0.285 e. The van der Waals surface area contributed by atoms with Crippen LogP contribution in [0.5, 0.6) is 0 Å². The van der Waals surface area contributed by atoms with Crippen molar-refractivity contribution < 1.29 is 4.79 Å². The number of para-hydroxylation sites is 1. The third-order valence-corrected chi connectivity index (χ3v) is 5.04. The number of amides is 1. The number of hydrogen-bond donors (Lipinski definition) is 1. The fourth-order valence-electron chi connectivity index (χ4n) is 4.19. The number of nitrogens with zero attached hydrogens (tertiary/aromatic N) is 3. The highest BCUT2D eigenvalue weighted by Gasteiger charge is 2.50. The van der Waals surface area contributed by atoms with Gasteiger partial charge in [0.2, 0.25) is 5.91 Å². The molecule has 108 valence electrons. The quantitative estimate of drug-likeness (QED) is 0.783. The van der Waals surface area contributed by atoms with Gasteiger partial charge < -0.3 is 0 Å². The number of nitriles is 1. The van der Waals surface area contributed by atoms with Crippen LogP contribution in [0.4, 0.5) is 5.69 Å². The average molecular weight is 282 g/mol. The minimum absolute atomic E-state index is 0.0164. The zero-order valence-corrected chi connectivity index (χ0v) is 11.8. The molecule has 0 radical (unpaired) electrons. The first kappa shape index (κ1) is 12.7. The van der Waals surface area contributed by atoms with Crippen LogP contribution in [-0.2, 0) is 11.2 Å². The molecular formula is C16H18N4O. The summed E-state index contributed by atoms with van der Waals surface area (Å²) in [6, 6.07) is 10.9. The van der Waals surface area contributed by atoms with E-state index in [9.17, 15) is 4.79 Å². The third kappa shape index (κ3) is 1.83. The van der Waals surface area contributed by atoms with E-state index in [1.54, 1.807) is 0 Å². The molecule has 3 aliphatic rings. The van der Waals surface area contributed by atoms with Gasteiger partial charge in [-0.3, -0.25) is 20.1 Å². The van der Waals surface area contributed by atoms with Gasteiger partial charge in [-0.15, -0.1) is 0 Å². The molecule has 5 heteroatoms. The summed E-state index contributed by atoms with van der Waals surface area (Å²) >= 11 is 0. The van der Waals surface area contributed by atoms with E-state index in [1.165, 1.54) is 5.56 Å². The highest BCUT2D eigenvalue weighted by molar-refractivity contribution is 5.84. The summed E-state index contributed by atoms with van der Waals surface area (Å²) in [6.45, 7) is 1.33. The number of nitrogens with one attached hydrogen (secondary N) is 1. The number of piperidine rings is 1. The molecule has 3 aliphatic heterocycles. The van der Waals surface area contributed by atoms with Crippen LogP contribution in [0.3, 0.4) is 0 Å². The Morgan fingerprint density at radius 3 is 3.10 bits per heavy atom. The van der Waals surface area contributed by atoms with E-state index in [2.05, 4.69) is 28.5 Å². The van der Waals surface area contributed by atoms with Gasteiger partial charge in [0.1, 0.15) is 0 Å². The lowest BCUT2D eigenvalue weighted by molar-refractivity contribution is -0.132. The maximum absolute atomic E-state index is 12.5. The summed E-state index contributed by atoms with van der Waals surface area (Å²) in [6.07, 6.45) is 2.87. The summed E-state index contributed by atoms with van der Waals surface area (Å²) < 4.78 is 0. The molecule has 1 aromatic rings. The van der Waals surface area contributed by atoms with Crippen LogP contribution in [0.2, 0.25) is 0 Å². The smallest absolute Gasteiger partial charge is 0.243 e. The van der Waals surface area contributed by atoms with Crippen molar-refractivity contribution in [2.75, 3.05) is 18.1 Å².